The van der Waals surface area contributed by atoms with Crippen LogP contribution in [0.3, 0.4) is 0 Å². The van der Waals surface area contributed by atoms with Crippen molar-refractivity contribution in [2.24, 2.45) is 0 Å². The number of benzene rings is 1. The molecule has 20 heavy (non-hydrogen) atoms. The summed E-state index contributed by atoms with van der Waals surface area (Å²) in [6.07, 6.45) is 1.09. The maximum atomic E-state index is 6.06. The highest BCUT2D eigenvalue weighted by atomic mass is 79.9. The minimum absolute atomic E-state index is 0.421. The third-order valence-corrected chi connectivity index (χ3v) is 3.34. The lowest BCUT2D eigenvalue weighted by Crippen LogP contribution is -2.15. The first-order valence-electron chi connectivity index (χ1n) is 6.35. The number of nitrogens with zero attached hydrogens (tertiary/aromatic N) is 2. The van der Waals surface area contributed by atoms with Crippen LogP contribution >= 0.6 is 27.5 Å². The lowest BCUT2D eigenvalue weighted by Gasteiger charge is -2.07. The highest BCUT2D eigenvalue weighted by Crippen LogP contribution is 2.30. The molecule has 0 amide bonds. The predicted octanol–water partition coefficient (Wildman–Crippen LogP) is 4.18. The Bertz CT molecular complexity index is 563. The van der Waals surface area contributed by atoms with Gasteiger partial charge in [0.1, 0.15) is 5.75 Å². The Morgan fingerprint density at radius 3 is 2.80 bits per heavy atom. The standard InChI is InChI=1S/C14H15BrClN3O/c1-2-7-17-9-11-4-6-14(19-18-11)20-13-8-10(15)3-5-12(13)16/h3-6,8,17H,2,7,9H2,1H3. The van der Waals surface area contributed by atoms with Crippen molar-refractivity contribution in [2.75, 3.05) is 6.54 Å². The SMILES string of the molecule is CCCNCc1ccc(Oc2cc(Br)ccc2Cl)nn1. The molecule has 0 saturated carbocycles. The summed E-state index contributed by atoms with van der Waals surface area (Å²) in [5, 5.41) is 11.9. The summed E-state index contributed by atoms with van der Waals surface area (Å²) in [5.74, 6) is 0.969. The van der Waals surface area contributed by atoms with Crippen molar-refractivity contribution in [1.29, 1.82) is 0 Å². The molecule has 0 radical (unpaired) electrons. The smallest absolute Gasteiger partial charge is 0.238 e. The van der Waals surface area contributed by atoms with E-state index >= 15 is 0 Å². The molecule has 0 fully saturated rings. The molecular weight excluding hydrogens is 342 g/mol. The van der Waals surface area contributed by atoms with Gasteiger partial charge in [-0.15, -0.1) is 5.10 Å². The van der Waals surface area contributed by atoms with Gasteiger partial charge in [0.05, 0.1) is 10.7 Å². The lowest BCUT2D eigenvalue weighted by molar-refractivity contribution is 0.453. The molecule has 1 heterocycles. The summed E-state index contributed by atoms with van der Waals surface area (Å²) in [7, 11) is 0. The van der Waals surface area contributed by atoms with Crippen molar-refractivity contribution in [3.05, 3.63) is 45.5 Å². The van der Waals surface area contributed by atoms with Gasteiger partial charge in [-0.3, -0.25) is 0 Å². The van der Waals surface area contributed by atoms with Gasteiger partial charge in [-0.25, -0.2) is 0 Å². The van der Waals surface area contributed by atoms with E-state index in [1.165, 1.54) is 0 Å². The largest absolute Gasteiger partial charge is 0.436 e. The Morgan fingerprint density at radius 1 is 1.25 bits per heavy atom. The Balaban J connectivity index is 2.01. The molecule has 1 N–H and O–H groups in total. The normalized spacial score (nSPS) is 10.6. The van der Waals surface area contributed by atoms with Crippen molar-refractivity contribution in [1.82, 2.24) is 15.5 Å². The maximum Gasteiger partial charge on any atom is 0.238 e. The van der Waals surface area contributed by atoms with Crippen LogP contribution in [0.2, 0.25) is 5.02 Å². The monoisotopic (exact) mass is 355 g/mol. The lowest BCUT2D eigenvalue weighted by atomic mass is 10.3. The maximum absolute atomic E-state index is 6.06. The van der Waals surface area contributed by atoms with Crippen LogP contribution in [-0.2, 0) is 6.54 Å². The van der Waals surface area contributed by atoms with E-state index in [-0.39, 0.29) is 0 Å². The van der Waals surface area contributed by atoms with Gasteiger partial charge >= 0.3 is 0 Å². The summed E-state index contributed by atoms with van der Waals surface area (Å²) in [6.45, 7) is 3.80. The molecule has 0 aliphatic rings. The fourth-order valence-corrected chi connectivity index (χ4v) is 2.05. The van der Waals surface area contributed by atoms with Crippen LogP contribution in [0.4, 0.5) is 0 Å². The Hall–Kier alpha value is -1.17. The van der Waals surface area contributed by atoms with Gasteiger partial charge in [0, 0.05) is 17.1 Å². The van der Waals surface area contributed by atoms with E-state index in [0.717, 1.165) is 23.1 Å². The van der Waals surface area contributed by atoms with Crippen LogP contribution in [0.25, 0.3) is 0 Å². The summed E-state index contributed by atoms with van der Waals surface area (Å²) >= 11 is 9.43. The van der Waals surface area contributed by atoms with Crippen molar-refractivity contribution < 1.29 is 4.74 Å². The summed E-state index contributed by atoms with van der Waals surface area (Å²) in [5.41, 5.74) is 0.881. The first kappa shape index (κ1) is 15.2. The molecule has 2 rings (SSSR count). The minimum atomic E-state index is 0.421. The van der Waals surface area contributed by atoms with Gasteiger partial charge in [0.2, 0.25) is 5.88 Å². The average Bonchev–Trinajstić information content (AvgIpc) is 2.45. The van der Waals surface area contributed by atoms with Crippen molar-refractivity contribution in [3.63, 3.8) is 0 Å². The second kappa shape index (κ2) is 7.57. The molecule has 0 aliphatic heterocycles. The molecule has 0 atom stereocenters. The van der Waals surface area contributed by atoms with Crippen LogP contribution < -0.4 is 10.1 Å². The van der Waals surface area contributed by atoms with E-state index in [1.807, 2.05) is 12.1 Å². The molecule has 1 aromatic heterocycles. The third-order valence-electron chi connectivity index (χ3n) is 2.54. The van der Waals surface area contributed by atoms with E-state index < -0.39 is 0 Å². The minimum Gasteiger partial charge on any atom is -0.436 e. The summed E-state index contributed by atoms with van der Waals surface area (Å²) in [6, 6.07) is 9.08. The molecule has 0 bridgehead atoms. The fraction of sp³-hybridized carbons (Fsp3) is 0.286. The van der Waals surface area contributed by atoms with Crippen LogP contribution in [0.5, 0.6) is 11.6 Å². The first-order valence-corrected chi connectivity index (χ1v) is 7.52. The van der Waals surface area contributed by atoms with Crippen LogP contribution in [0, 0.1) is 0 Å². The van der Waals surface area contributed by atoms with Gasteiger partial charge in [-0.05, 0) is 37.2 Å². The zero-order valence-corrected chi connectivity index (χ0v) is 13.4. The van der Waals surface area contributed by atoms with Crippen LogP contribution in [0.1, 0.15) is 19.0 Å². The molecule has 2 aromatic rings. The van der Waals surface area contributed by atoms with Gasteiger partial charge in [-0.1, -0.05) is 34.5 Å². The number of hydrogen-bond acceptors (Lipinski definition) is 4. The molecule has 1 aromatic carbocycles. The van der Waals surface area contributed by atoms with Gasteiger partial charge in [0.15, 0.2) is 0 Å². The van der Waals surface area contributed by atoms with Crippen molar-refractivity contribution >= 4 is 27.5 Å². The van der Waals surface area contributed by atoms with Crippen molar-refractivity contribution in [2.45, 2.75) is 19.9 Å². The molecule has 0 spiro atoms. The number of nitrogens with one attached hydrogen (secondary N) is 1. The Labute approximate surface area is 131 Å². The van der Waals surface area contributed by atoms with E-state index in [2.05, 4.69) is 38.4 Å². The van der Waals surface area contributed by atoms with Crippen LogP contribution in [0.15, 0.2) is 34.8 Å². The number of ether oxygens (including phenoxy) is 1. The fourth-order valence-electron chi connectivity index (χ4n) is 1.56. The Kier molecular flexibility index (Phi) is 5.76. The number of halogens is 2. The Morgan fingerprint density at radius 2 is 2.10 bits per heavy atom. The molecule has 0 aliphatic carbocycles. The second-order valence-corrected chi connectivity index (χ2v) is 5.54. The molecule has 6 heteroatoms. The second-order valence-electron chi connectivity index (χ2n) is 4.22. The van der Waals surface area contributed by atoms with E-state index in [1.54, 1.807) is 18.2 Å². The molecular formula is C14H15BrClN3O. The quantitative estimate of drug-likeness (QED) is 0.789. The first-order chi connectivity index (χ1) is 9.69. The zero-order chi connectivity index (χ0) is 14.4. The van der Waals surface area contributed by atoms with E-state index in [4.69, 9.17) is 16.3 Å². The molecule has 4 nitrogen and oxygen atoms in total. The zero-order valence-electron chi connectivity index (χ0n) is 11.1. The van der Waals surface area contributed by atoms with E-state index in [0.29, 0.717) is 23.2 Å². The van der Waals surface area contributed by atoms with Gasteiger partial charge in [-0.2, -0.15) is 5.10 Å². The summed E-state index contributed by atoms with van der Waals surface area (Å²) in [4.78, 5) is 0. The number of aromatic nitrogens is 2. The van der Waals surface area contributed by atoms with E-state index in [9.17, 15) is 0 Å². The summed E-state index contributed by atoms with van der Waals surface area (Å²) < 4.78 is 6.51. The molecule has 0 unspecified atom stereocenters. The topological polar surface area (TPSA) is 47.0 Å². The number of hydrogen-bond donors (Lipinski definition) is 1. The molecule has 106 valence electrons. The number of rotatable bonds is 6. The van der Waals surface area contributed by atoms with Gasteiger partial charge in [0.25, 0.3) is 0 Å². The highest BCUT2D eigenvalue weighted by molar-refractivity contribution is 9.10. The van der Waals surface area contributed by atoms with Gasteiger partial charge < -0.3 is 10.1 Å². The molecule has 0 saturated heterocycles. The highest BCUT2D eigenvalue weighted by Gasteiger charge is 2.05. The third kappa shape index (κ3) is 4.44. The predicted molar refractivity (Wildman–Crippen MR) is 83.3 cm³/mol. The van der Waals surface area contributed by atoms with Crippen LogP contribution in [-0.4, -0.2) is 16.7 Å². The average molecular weight is 357 g/mol. The van der Waals surface area contributed by atoms with Crippen molar-refractivity contribution in [3.8, 4) is 11.6 Å².